The second-order valence-corrected chi connectivity index (χ2v) is 13.6. The maximum absolute atomic E-state index is 15.5. The number of halogens is 1. The largest absolute Gasteiger partial charge is 0.339 e. The van der Waals surface area contributed by atoms with Crippen LogP contribution < -0.4 is 15.1 Å². The van der Waals surface area contributed by atoms with E-state index in [9.17, 15) is 9.59 Å². The number of carbonyl (C=O) groups excluding carboxylic acids is 2. The number of nitrogens with one attached hydrogen (secondary N) is 1. The number of alkyl halides is 1. The number of benzene rings is 1. The van der Waals surface area contributed by atoms with Crippen LogP contribution in [0.1, 0.15) is 43.9 Å². The Morgan fingerprint density at radius 2 is 1.72 bits per heavy atom. The molecule has 1 aromatic carbocycles. The standard InChI is InChI=1S/C27H38FN7O2P2/c1-19(36)33-13-15-34(16-14-33)23-29-17-21(22(30-23)27(28,38)39)35-18-25(31-24(35)37)9-11-26(12-10-25,32(2)3)20-7-5-4-6-8-20/h4-8,17H,9-16,18,38-39H2,1-3H3,(H,31,37). The lowest BCUT2D eigenvalue weighted by atomic mass is 9.69. The molecule has 3 amide bonds. The van der Waals surface area contributed by atoms with Crippen LogP contribution in [0.4, 0.5) is 20.8 Å². The number of nitrogens with zero attached hydrogens (tertiary/aromatic N) is 6. The van der Waals surface area contributed by atoms with E-state index >= 15 is 4.39 Å². The Bertz CT molecular complexity index is 1220. The van der Waals surface area contributed by atoms with Gasteiger partial charge in [-0.05, 0) is 45.3 Å². The van der Waals surface area contributed by atoms with Crippen molar-refractivity contribution in [1.29, 1.82) is 0 Å². The van der Waals surface area contributed by atoms with Crippen LogP contribution in [0.2, 0.25) is 0 Å². The van der Waals surface area contributed by atoms with Crippen molar-refractivity contribution in [2.75, 3.05) is 56.6 Å². The van der Waals surface area contributed by atoms with Crippen LogP contribution in [0.15, 0.2) is 36.5 Å². The van der Waals surface area contributed by atoms with E-state index in [2.05, 4.69) is 77.0 Å². The first-order valence-electron chi connectivity index (χ1n) is 13.4. The molecule has 0 radical (unpaired) electrons. The molecule has 3 fully saturated rings. The van der Waals surface area contributed by atoms with E-state index in [0.717, 1.165) is 25.7 Å². The maximum Gasteiger partial charge on any atom is 0.322 e. The molecule has 12 heteroatoms. The third-order valence-corrected chi connectivity index (χ3v) is 9.24. The van der Waals surface area contributed by atoms with Crippen LogP contribution >= 0.6 is 18.5 Å². The fraction of sp³-hybridized carbons (Fsp3) is 0.556. The van der Waals surface area contributed by atoms with Crippen molar-refractivity contribution in [2.45, 2.75) is 48.8 Å². The molecule has 1 aromatic heterocycles. The minimum absolute atomic E-state index is 0.0348. The average Bonchev–Trinajstić information content (AvgIpc) is 3.24. The van der Waals surface area contributed by atoms with Crippen LogP contribution in [-0.4, -0.2) is 84.1 Å². The summed E-state index contributed by atoms with van der Waals surface area (Å²) in [5, 5.41) is 1.31. The molecule has 2 aromatic rings. The summed E-state index contributed by atoms with van der Waals surface area (Å²) in [4.78, 5) is 41.8. The number of aromatic nitrogens is 2. The number of hydrogen-bond acceptors (Lipinski definition) is 6. The molecule has 210 valence electrons. The first-order valence-corrected chi connectivity index (χ1v) is 14.6. The first-order chi connectivity index (χ1) is 18.4. The van der Waals surface area contributed by atoms with E-state index in [1.807, 2.05) is 11.0 Å². The van der Waals surface area contributed by atoms with Gasteiger partial charge in [0, 0.05) is 38.6 Å². The van der Waals surface area contributed by atoms with Crippen molar-refractivity contribution in [3.63, 3.8) is 0 Å². The first kappa shape index (κ1) is 28.1. The number of urea groups is 1. The summed E-state index contributed by atoms with van der Waals surface area (Å²) in [6, 6.07) is 10.3. The molecular weight excluding hydrogens is 535 g/mol. The monoisotopic (exact) mass is 573 g/mol. The minimum Gasteiger partial charge on any atom is -0.339 e. The van der Waals surface area contributed by atoms with Gasteiger partial charge in [0.15, 0.2) is 5.15 Å². The van der Waals surface area contributed by atoms with Gasteiger partial charge in [0.25, 0.3) is 0 Å². The summed E-state index contributed by atoms with van der Waals surface area (Å²) >= 11 is 0. The van der Waals surface area contributed by atoms with Gasteiger partial charge < -0.3 is 15.1 Å². The minimum atomic E-state index is -1.94. The SMILES string of the molecule is CC(=O)N1CCN(c2ncc(N3CC4(CCC(c5ccccc5)(N(C)C)CC4)NC3=O)c(C(F)(P)P)n2)CC1. The lowest BCUT2D eigenvalue weighted by Gasteiger charge is -2.48. The Morgan fingerprint density at radius 3 is 2.28 bits per heavy atom. The molecule has 2 saturated heterocycles. The zero-order chi connectivity index (χ0) is 28.0. The average molecular weight is 574 g/mol. The number of amides is 3. The molecule has 39 heavy (non-hydrogen) atoms. The lowest BCUT2D eigenvalue weighted by molar-refractivity contribution is -0.129. The summed E-state index contributed by atoms with van der Waals surface area (Å²) in [7, 11) is 8.59. The molecule has 1 saturated carbocycles. The molecule has 2 aliphatic heterocycles. The topological polar surface area (TPSA) is 84.9 Å². The summed E-state index contributed by atoms with van der Waals surface area (Å²) in [6.07, 6.45) is 4.96. The van der Waals surface area contributed by atoms with Crippen LogP contribution in [-0.2, 0) is 15.5 Å². The summed E-state index contributed by atoms with van der Waals surface area (Å²) in [5.41, 5.74) is 1.29. The normalized spacial score (nSPS) is 25.9. The Morgan fingerprint density at radius 1 is 1.08 bits per heavy atom. The van der Waals surface area contributed by atoms with Gasteiger partial charge in [-0.1, -0.05) is 48.8 Å². The quantitative estimate of drug-likeness (QED) is 0.553. The summed E-state index contributed by atoms with van der Waals surface area (Å²) < 4.78 is 15.5. The van der Waals surface area contributed by atoms with Crippen molar-refractivity contribution < 1.29 is 14.0 Å². The van der Waals surface area contributed by atoms with Gasteiger partial charge in [-0.3, -0.25) is 14.6 Å². The van der Waals surface area contributed by atoms with Crippen molar-refractivity contribution in [2.24, 2.45) is 0 Å². The highest BCUT2D eigenvalue weighted by Gasteiger charge is 2.51. The highest BCUT2D eigenvalue weighted by Crippen LogP contribution is 2.48. The summed E-state index contributed by atoms with van der Waals surface area (Å²) in [5.74, 6) is 0.432. The Kier molecular flexibility index (Phi) is 7.60. The highest BCUT2D eigenvalue weighted by atomic mass is 31.1. The van der Waals surface area contributed by atoms with Crippen LogP contribution in [0.3, 0.4) is 0 Å². The third kappa shape index (κ3) is 5.36. The number of piperazine rings is 1. The molecule has 5 rings (SSSR count). The zero-order valence-electron chi connectivity index (χ0n) is 22.9. The maximum atomic E-state index is 15.5. The molecule has 9 nitrogen and oxygen atoms in total. The second kappa shape index (κ2) is 10.5. The van der Waals surface area contributed by atoms with Crippen LogP contribution in [0.25, 0.3) is 0 Å². The zero-order valence-corrected chi connectivity index (χ0v) is 25.2. The van der Waals surface area contributed by atoms with Crippen molar-refractivity contribution in [3.05, 3.63) is 47.8 Å². The van der Waals surface area contributed by atoms with E-state index < -0.39 is 10.7 Å². The molecule has 1 spiro atoms. The van der Waals surface area contributed by atoms with E-state index in [4.69, 9.17) is 0 Å². The lowest BCUT2D eigenvalue weighted by Crippen LogP contribution is -2.54. The second-order valence-electron chi connectivity index (χ2n) is 11.3. The molecule has 1 N–H and O–H groups in total. The Hall–Kier alpha value is -2.41. The smallest absolute Gasteiger partial charge is 0.322 e. The highest BCUT2D eigenvalue weighted by molar-refractivity contribution is 7.38. The molecular formula is C27H38FN7O2P2. The van der Waals surface area contributed by atoms with Gasteiger partial charge in [-0.2, -0.15) is 0 Å². The van der Waals surface area contributed by atoms with Gasteiger partial charge in [0.1, 0.15) is 5.69 Å². The van der Waals surface area contributed by atoms with Gasteiger partial charge >= 0.3 is 6.03 Å². The van der Waals surface area contributed by atoms with Crippen LogP contribution in [0, 0.1) is 0 Å². The molecule has 0 bridgehead atoms. The number of rotatable bonds is 5. The van der Waals surface area contributed by atoms with E-state index in [1.165, 1.54) is 5.56 Å². The predicted molar refractivity (Wildman–Crippen MR) is 158 cm³/mol. The molecule has 1 aliphatic carbocycles. The van der Waals surface area contributed by atoms with E-state index in [0.29, 0.717) is 44.4 Å². The Balaban J connectivity index is 1.37. The van der Waals surface area contributed by atoms with Gasteiger partial charge in [0.2, 0.25) is 11.9 Å². The Labute approximate surface area is 234 Å². The molecule has 3 aliphatic rings. The van der Waals surface area contributed by atoms with E-state index in [1.54, 1.807) is 22.9 Å². The number of hydrogen-bond donors (Lipinski definition) is 1. The fourth-order valence-corrected chi connectivity index (χ4v) is 6.71. The van der Waals surface area contributed by atoms with Gasteiger partial charge in [0.05, 0.1) is 24.0 Å². The van der Waals surface area contributed by atoms with Crippen molar-refractivity contribution in [1.82, 2.24) is 25.1 Å². The molecule has 2 unspecified atom stereocenters. The predicted octanol–water partition coefficient (Wildman–Crippen LogP) is 3.27. The third-order valence-electron chi connectivity index (χ3n) is 8.70. The van der Waals surface area contributed by atoms with Gasteiger partial charge in [-0.25, -0.2) is 19.2 Å². The number of carbonyl (C=O) groups is 2. The van der Waals surface area contributed by atoms with Gasteiger partial charge in [-0.15, -0.1) is 0 Å². The van der Waals surface area contributed by atoms with E-state index in [-0.39, 0.29) is 23.2 Å². The number of anilines is 2. The summed E-state index contributed by atoms with van der Waals surface area (Å²) in [6.45, 7) is 4.24. The molecule has 2 atom stereocenters. The van der Waals surface area contributed by atoms with Crippen LogP contribution in [0.5, 0.6) is 0 Å². The molecule has 3 heterocycles. The fourth-order valence-electron chi connectivity index (χ4n) is 6.29. The van der Waals surface area contributed by atoms with Crippen molar-refractivity contribution >= 4 is 42.1 Å². The van der Waals surface area contributed by atoms with Crippen molar-refractivity contribution in [3.8, 4) is 0 Å².